The molecule has 0 amide bonds. The molecular formula is C15H32N2O2. The molecule has 0 saturated carbocycles. The van der Waals surface area contributed by atoms with E-state index in [0.29, 0.717) is 0 Å². The molecule has 0 aromatic carbocycles. The molecule has 1 unspecified atom stereocenters. The van der Waals surface area contributed by atoms with E-state index >= 15 is 0 Å². The maximum atomic E-state index is 9.51. The van der Waals surface area contributed by atoms with Gasteiger partial charge in [-0.25, -0.2) is 0 Å². The molecule has 4 heteroatoms. The molecule has 4 nitrogen and oxygen atoms in total. The van der Waals surface area contributed by atoms with Crippen molar-refractivity contribution in [2.75, 3.05) is 39.9 Å². The second-order valence-corrected chi connectivity index (χ2v) is 7.26. The molecule has 2 N–H and O–H groups in total. The highest BCUT2D eigenvalue weighted by Gasteiger charge is 2.34. The molecule has 19 heavy (non-hydrogen) atoms. The van der Waals surface area contributed by atoms with E-state index in [1.165, 1.54) is 0 Å². The molecule has 1 aliphatic rings. The number of nitrogens with one attached hydrogen (secondary N) is 1. The molecule has 1 rings (SSSR count). The van der Waals surface area contributed by atoms with Crippen LogP contribution in [0.4, 0.5) is 0 Å². The Balaban J connectivity index is 2.59. The third-order valence-electron chi connectivity index (χ3n) is 3.73. The topological polar surface area (TPSA) is 44.7 Å². The summed E-state index contributed by atoms with van der Waals surface area (Å²) in [6, 6.07) is 0. The van der Waals surface area contributed by atoms with E-state index in [1.807, 2.05) is 6.92 Å². The second kappa shape index (κ2) is 7.02. The van der Waals surface area contributed by atoms with Gasteiger partial charge in [-0.2, -0.15) is 0 Å². The Hall–Kier alpha value is -0.160. The van der Waals surface area contributed by atoms with Crippen molar-refractivity contribution in [1.82, 2.24) is 10.2 Å². The van der Waals surface area contributed by atoms with Crippen LogP contribution in [-0.4, -0.2) is 61.5 Å². The molecule has 0 aliphatic carbocycles. The minimum Gasteiger partial charge on any atom is -0.392 e. The Labute approximate surface area is 118 Å². The zero-order chi connectivity index (χ0) is 14.5. The van der Waals surface area contributed by atoms with Gasteiger partial charge in [-0.15, -0.1) is 0 Å². The first kappa shape index (κ1) is 16.9. The SMILES string of the molecule is CC(O)CN(C)CC1(CNC(C)(C)C)CCOCC1. The smallest absolute Gasteiger partial charge is 0.0638 e. The molecule has 114 valence electrons. The quantitative estimate of drug-likeness (QED) is 0.769. The van der Waals surface area contributed by atoms with Gasteiger partial charge in [0.2, 0.25) is 0 Å². The van der Waals surface area contributed by atoms with E-state index in [1.54, 1.807) is 0 Å². The van der Waals surface area contributed by atoms with Crippen LogP contribution >= 0.6 is 0 Å². The third-order valence-corrected chi connectivity index (χ3v) is 3.73. The van der Waals surface area contributed by atoms with Crippen molar-refractivity contribution in [2.24, 2.45) is 5.41 Å². The number of nitrogens with zero attached hydrogens (tertiary/aromatic N) is 1. The van der Waals surface area contributed by atoms with E-state index in [2.05, 4.69) is 38.0 Å². The predicted octanol–water partition coefficient (Wildman–Crippen LogP) is 1.48. The number of aliphatic hydroxyl groups excluding tert-OH is 1. The summed E-state index contributed by atoms with van der Waals surface area (Å²) in [7, 11) is 2.10. The third kappa shape index (κ3) is 6.70. The van der Waals surface area contributed by atoms with Crippen LogP contribution in [0, 0.1) is 5.41 Å². The fourth-order valence-corrected chi connectivity index (χ4v) is 2.74. The Morgan fingerprint density at radius 1 is 1.32 bits per heavy atom. The van der Waals surface area contributed by atoms with Gasteiger partial charge in [0.15, 0.2) is 0 Å². The Morgan fingerprint density at radius 3 is 2.37 bits per heavy atom. The highest BCUT2D eigenvalue weighted by molar-refractivity contribution is 4.89. The molecule has 1 aliphatic heterocycles. The number of ether oxygens (including phenoxy) is 1. The first-order valence-electron chi connectivity index (χ1n) is 7.42. The average molecular weight is 272 g/mol. The van der Waals surface area contributed by atoms with Gasteiger partial charge >= 0.3 is 0 Å². The number of likely N-dealkylation sites (N-methyl/N-ethyl adjacent to an activating group) is 1. The first-order valence-corrected chi connectivity index (χ1v) is 7.42. The van der Waals surface area contributed by atoms with Crippen LogP contribution in [0.1, 0.15) is 40.5 Å². The van der Waals surface area contributed by atoms with E-state index in [9.17, 15) is 5.11 Å². The van der Waals surface area contributed by atoms with Gasteiger partial charge in [0.1, 0.15) is 0 Å². The van der Waals surface area contributed by atoms with Gasteiger partial charge in [-0.3, -0.25) is 0 Å². The molecule has 0 bridgehead atoms. The largest absolute Gasteiger partial charge is 0.392 e. The van der Waals surface area contributed by atoms with Crippen molar-refractivity contribution in [3.8, 4) is 0 Å². The van der Waals surface area contributed by atoms with E-state index in [0.717, 1.165) is 45.7 Å². The van der Waals surface area contributed by atoms with Gasteiger partial charge in [0.25, 0.3) is 0 Å². The molecule has 0 aromatic heterocycles. The van der Waals surface area contributed by atoms with Crippen molar-refractivity contribution in [1.29, 1.82) is 0 Å². The van der Waals surface area contributed by atoms with Gasteiger partial charge < -0.3 is 20.1 Å². The maximum Gasteiger partial charge on any atom is 0.0638 e. The maximum absolute atomic E-state index is 9.51. The van der Waals surface area contributed by atoms with Crippen LogP contribution in [0.2, 0.25) is 0 Å². The zero-order valence-corrected chi connectivity index (χ0v) is 13.3. The highest BCUT2D eigenvalue weighted by Crippen LogP contribution is 2.31. The molecule has 0 aromatic rings. The summed E-state index contributed by atoms with van der Waals surface area (Å²) in [5.74, 6) is 0. The van der Waals surface area contributed by atoms with E-state index in [4.69, 9.17) is 4.74 Å². The van der Waals surface area contributed by atoms with E-state index < -0.39 is 0 Å². The lowest BCUT2D eigenvalue weighted by atomic mass is 9.79. The molecule has 0 spiro atoms. The Bertz CT molecular complexity index is 255. The molecule has 1 saturated heterocycles. The van der Waals surface area contributed by atoms with Gasteiger partial charge in [0.05, 0.1) is 6.10 Å². The zero-order valence-electron chi connectivity index (χ0n) is 13.3. The van der Waals surface area contributed by atoms with Crippen molar-refractivity contribution >= 4 is 0 Å². The van der Waals surface area contributed by atoms with Crippen molar-refractivity contribution in [3.63, 3.8) is 0 Å². The molecular weight excluding hydrogens is 240 g/mol. The minimum absolute atomic E-state index is 0.147. The van der Waals surface area contributed by atoms with Crippen molar-refractivity contribution in [3.05, 3.63) is 0 Å². The molecule has 1 fully saturated rings. The predicted molar refractivity (Wildman–Crippen MR) is 79.4 cm³/mol. The van der Waals surface area contributed by atoms with Gasteiger partial charge in [-0.05, 0) is 53.0 Å². The fraction of sp³-hybridized carbons (Fsp3) is 1.00. The fourth-order valence-electron chi connectivity index (χ4n) is 2.74. The summed E-state index contributed by atoms with van der Waals surface area (Å²) in [4.78, 5) is 2.25. The summed E-state index contributed by atoms with van der Waals surface area (Å²) in [6.07, 6.45) is 1.93. The molecule has 1 heterocycles. The number of hydrogen-bond acceptors (Lipinski definition) is 4. The number of rotatable bonds is 6. The van der Waals surface area contributed by atoms with Crippen LogP contribution in [-0.2, 0) is 4.74 Å². The van der Waals surface area contributed by atoms with Crippen LogP contribution in [0.25, 0.3) is 0 Å². The lowest BCUT2D eigenvalue weighted by molar-refractivity contribution is -0.00812. The van der Waals surface area contributed by atoms with Crippen LogP contribution in [0.5, 0.6) is 0 Å². The minimum atomic E-state index is -0.266. The van der Waals surface area contributed by atoms with Gasteiger partial charge in [0, 0.05) is 38.4 Å². The standard InChI is InChI=1S/C15H32N2O2/c1-13(18)10-17(5)12-15(6-8-19-9-7-15)11-16-14(2,3)4/h13,16,18H,6-12H2,1-5H3. The normalized spacial score (nSPS) is 21.6. The molecule has 1 atom stereocenters. The lowest BCUT2D eigenvalue weighted by Gasteiger charge is -2.42. The van der Waals surface area contributed by atoms with Crippen molar-refractivity contribution < 1.29 is 9.84 Å². The lowest BCUT2D eigenvalue weighted by Crippen LogP contribution is -2.51. The highest BCUT2D eigenvalue weighted by atomic mass is 16.5. The van der Waals surface area contributed by atoms with Crippen molar-refractivity contribution in [2.45, 2.75) is 52.2 Å². The first-order chi connectivity index (χ1) is 8.72. The van der Waals surface area contributed by atoms with Gasteiger partial charge in [-0.1, -0.05) is 0 Å². The molecule has 0 radical (unpaired) electrons. The summed E-state index contributed by atoms with van der Waals surface area (Å²) in [5, 5.41) is 13.2. The van der Waals surface area contributed by atoms with Crippen LogP contribution in [0.15, 0.2) is 0 Å². The van der Waals surface area contributed by atoms with Crippen LogP contribution in [0.3, 0.4) is 0 Å². The summed E-state index contributed by atoms with van der Waals surface area (Å²) >= 11 is 0. The Kier molecular flexibility index (Phi) is 6.24. The van der Waals surface area contributed by atoms with E-state index in [-0.39, 0.29) is 17.1 Å². The summed E-state index contributed by atoms with van der Waals surface area (Å²) in [6.45, 7) is 13.0. The second-order valence-electron chi connectivity index (χ2n) is 7.26. The summed E-state index contributed by atoms with van der Waals surface area (Å²) in [5.41, 5.74) is 0.420. The number of hydrogen-bond donors (Lipinski definition) is 2. The average Bonchev–Trinajstić information content (AvgIpc) is 2.25. The summed E-state index contributed by atoms with van der Waals surface area (Å²) < 4.78 is 5.52. The number of aliphatic hydroxyl groups is 1. The monoisotopic (exact) mass is 272 g/mol. The Morgan fingerprint density at radius 2 is 1.89 bits per heavy atom. The van der Waals surface area contributed by atoms with Crippen LogP contribution < -0.4 is 5.32 Å².